The zero-order chi connectivity index (χ0) is 33.4. The molecule has 0 bridgehead atoms. The normalized spacial score (nSPS) is 17.0. The van der Waals surface area contributed by atoms with Crippen molar-refractivity contribution in [3.63, 3.8) is 0 Å². The molecular weight excluding hydrogens is 625 g/mol. The number of nitrogen functional groups attached to an aromatic ring is 1. The second-order valence-corrected chi connectivity index (χ2v) is 12.1. The molecule has 7 rings (SSSR count). The van der Waals surface area contributed by atoms with E-state index in [1.807, 2.05) is 6.07 Å². The van der Waals surface area contributed by atoms with Crippen molar-refractivity contribution >= 4 is 23.4 Å². The van der Waals surface area contributed by atoms with Gasteiger partial charge in [0.25, 0.3) is 0 Å². The molecule has 0 saturated carbocycles. The van der Waals surface area contributed by atoms with E-state index in [9.17, 15) is 18.0 Å². The van der Waals surface area contributed by atoms with E-state index >= 15 is 0 Å². The van der Waals surface area contributed by atoms with Gasteiger partial charge in [-0.05, 0) is 66.8 Å². The van der Waals surface area contributed by atoms with Crippen molar-refractivity contribution in [2.24, 2.45) is 0 Å². The van der Waals surface area contributed by atoms with E-state index in [0.717, 1.165) is 44.7 Å². The predicted octanol–water partition coefficient (Wildman–Crippen LogP) is 5.81. The van der Waals surface area contributed by atoms with E-state index in [-0.39, 0.29) is 34.5 Å². The molecule has 10 nitrogen and oxygen atoms in total. The molecule has 4 aromatic rings. The minimum absolute atomic E-state index is 0.0443. The number of ether oxygens (including phenoxy) is 3. The van der Waals surface area contributed by atoms with Gasteiger partial charge in [-0.2, -0.15) is 13.9 Å². The maximum absolute atomic E-state index is 14.1. The summed E-state index contributed by atoms with van der Waals surface area (Å²) in [4.78, 5) is 22.6. The molecule has 13 heteroatoms. The summed E-state index contributed by atoms with van der Waals surface area (Å²) in [6, 6.07) is 11.5. The number of allylic oxidation sites excluding steroid dienone is 1. The van der Waals surface area contributed by atoms with Gasteiger partial charge in [0.1, 0.15) is 11.6 Å². The molecule has 48 heavy (non-hydrogen) atoms. The lowest BCUT2D eigenvalue weighted by atomic mass is 10.00. The zero-order valence-electron chi connectivity index (χ0n) is 26.4. The van der Waals surface area contributed by atoms with Crippen LogP contribution < -0.4 is 20.1 Å². The number of nitrogens with two attached hydrogens (primary N) is 1. The number of hydrogen-bond acceptors (Lipinski definition) is 9. The Hall–Kier alpha value is -4.88. The fourth-order valence-corrected chi connectivity index (χ4v) is 6.70. The second kappa shape index (κ2) is 13.3. The maximum Gasteiger partial charge on any atom is 0.387 e. The van der Waals surface area contributed by atoms with Gasteiger partial charge in [-0.3, -0.25) is 9.69 Å². The summed E-state index contributed by atoms with van der Waals surface area (Å²) in [6.07, 6.45) is 6.72. The van der Waals surface area contributed by atoms with Crippen LogP contribution in [0.3, 0.4) is 0 Å². The number of pyridine rings is 1. The number of fused-ring (bicyclic) bond motifs is 1. The van der Waals surface area contributed by atoms with Gasteiger partial charge in [0.15, 0.2) is 17.3 Å². The maximum atomic E-state index is 14.1. The smallest absolute Gasteiger partial charge is 0.387 e. The van der Waals surface area contributed by atoms with Gasteiger partial charge in [0.05, 0.1) is 42.5 Å². The van der Waals surface area contributed by atoms with E-state index in [0.29, 0.717) is 53.6 Å². The highest BCUT2D eigenvalue weighted by Gasteiger charge is 2.30. The molecule has 250 valence electrons. The van der Waals surface area contributed by atoms with Crippen LogP contribution in [0.1, 0.15) is 39.9 Å². The van der Waals surface area contributed by atoms with Crippen LogP contribution in [0.4, 0.5) is 24.7 Å². The first-order valence-electron chi connectivity index (χ1n) is 15.9. The van der Waals surface area contributed by atoms with Crippen LogP contribution in [0.5, 0.6) is 17.4 Å². The quantitative estimate of drug-likeness (QED) is 0.223. The number of carbonyl (C=O) groups is 1. The largest absolute Gasteiger partial charge is 0.436 e. The number of aromatic nitrogens is 3. The summed E-state index contributed by atoms with van der Waals surface area (Å²) in [6.45, 7) is 3.51. The fourth-order valence-electron chi connectivity index (χ4n) is 6.70. The van der Waals surface area contributed by atoms with Crippen molar-refractivity contribution in [3.05, 3.63) is 88.5 Å². The lowest BCUT2D eigenvalue weighted by Crippen LogP contribution is -2.49. The van der Waals surface area contributed by atoms with Crippen LogP contribution in [0.25, 0.3) is 11.8 Å². The predicted molar refractivity (Wildman–Crippen MR) is 174 cm³/mol. The Bertz CT molecular complexity index is 1860. The Balaban J connectivity index is 1.08. The van der Waals surface area contributed by atoms with Crippen LogP contribution in [0.15, 0.2) is 60.4 Å². The minimum atomic E-state index is -2.98. The van der Waals surface area contributed by atoms with Gasteiger partial charge in [-0.1, -0.05) is 12.1 Å². The number of alkyl halides is 2. The molecular formula is C35H35F3N6O4. The number of nitrogens with zero attached hydrogens (tertiary/aromatic N) is 5. The van der Waals surface area contributed by atoms with Crippen molar-refractivity contribution in [3.8, 4) is 23.1 Å². The lowest BCUT2D eigenvalue weighted by molar-refractivity contribution is -0.0495. The third-order valence-corrected chi connectivity index (χ3v) is 9.19. The van der Waals surface area contributed by atoms with Crippen LogP contribution in [-0.2, 0) is 11.2 Å². The Morgan fingerprint density at radius 2 is 1.79 bits per heavy atom. The van der Waals surface area contributed by atoms with Crippen molar-refractivity contribution in [1.82, 2.24) is 19.7 Å². The van der Waals surface area contributed by atoms with Crippen molar-refractivity contribution < 1.29 is 32.2 Å². The van der Waals surface area contributed by atoms with Gasteiger partial charge in [-0.15, -0.1) is 0 Å². The highest BCUT2D eigenvalue weighted by molar-refractivity contribution is 6.15. The topological polar surface area (TPSA) is 108 Å². The molecule has 4 heterocycles. The number of para-hydroxylation sites is 1. The minimum Gasteiger partial charge on any atom is -0.436 e. The summed E-state index contributed by atoms with van der Waals surface area (Å²) in [7, 11) is 0. The Morgan fingerprint density at radius 1 is 1.02 bits per heavy atom. The molecule has 2 fully saturated rings. The Morgan fingerprint density at radius 3 is 2.52 bits per heavy atom. The first-order chi connectivity index (χ1) is 23.2. The molecule has 0 amide bonds. The molecule has 2 aliphatic heterocycles. The van der Waals surface area contributed by atoms with Gasteiger partial charge in [-0.25, -0.2) is 14.1 Å². The Kier molecular flexibility index (Phi) is 8.80. The number of benzene rings is 2. The number of Topliss-reactive ketones (excluding diaryl/α,β-unsaturated/α-hetero) is 1. The monoisotopic (exact) mass is 660 g/mol. The molecule has 0 radical (unpaired) electrons. The number of morpholine rings is 1. The first kappa shape index (κ1) is 31.7. The van der Waals surface area contributed by atoms with Crippen molar-refractivity contribution in [2.75, 3.05) is 50.0 Å². The van der Waals surface area contributed by atoms with Crippen LogP contribution >= 0.6 is 0 Å². The van der Waals surface area contributed by atoms with E-state index in [2.05, 4.69) is 19.9 Å². The van der Waals surface area contributed by atoms with E-state index < -0.39 is 12.4 Å². The van der Waals surface area contributed by atoms with Crippen LogP contribution in [0.2, 0.25) is 0 Å². The first-order valence-corrected chi connectivity index (χ1v) is 15.9. The molecule has 0 atom stereocenters. The Labute approximate surface area is 275 Å². The number of halogens is 3. The third-order valence-electron chi connectivity index (χ3n) is 9.19. The molecule has 0 spiro atoms. The molecule has 0 unspecified atom stereocenters. The van der Waals surface area contributed by atoms with Crippen LogP contribution in [-0.4, -0.2) is 77.5 Å². The fraction of sp³-hybridized carbons (Fsp3) is 0.343. The summed E-state index contributed by atoms with van der Waals surface area (Å²) in [5.41, 5.74) is 10.4. The van der Waals surface area contributed by atoms with Crippen molar-refractivity contribution in [2.45, 2.75) is 38.8 Å². The highest BCUT2D eigenvalue weighted by atomic mass is 19.3. The van der Waals surface area contributed by atoms with Crippen molar-refractivity contribution in [1.29, 1.82) is 0 Å². The van der Waals surface area contributed by atoms with Gasteiger partial charge in [0.2, 0.25) is 5.88 Å². The lowest BCUT2D eigenvalue weighted by Gasteiger charge is -2.41. The summed E-state index contributed by atoms with van der Waals surface area (Å²) in [5, 5.41) is 4.36. The van der Waals surface area contributed by atoms with Gasteiger partial charge < -0.3 is 24.8 Å². The second-order valence-electron chi connectivity index (χ2n) is 12.1. The van der Waals surface area contributed by atoms with Crippen LogP contribution in [0, 0.1) is 12.7 Å². The number of rotatable bonds is 9. The number of piperidine rings is 1. The number of carbonyl (C=O) groups excluding carboxylic acids is 1. The van der Waals surface area contributed by atoms with E-state index in [1.165, 1.54) is 29.2 Å². The number of hydrogen-bond donors (Lipinski definition) is 1. The van der Waals surface area contributed by atoms with E-state index in [4.69, 9.17) is 19.9 Å². The zero-order valence-corrected chi connectivity index (χ0v) is 26.4. The number of ketones is 1. The molecule has 1 aliphatic carbocycles. The molecule has 2 aromatic carbocycles. The number of aryl methyl sites for hydroxylation is 1. The summed E-state index contributed by atoms with van der Waals surface area (Å²) in [5.74, 6) is -0.381. The molecule has 3 aliphatic rings. The van der Waals surface area contributed by atoms with Gasteiger partial charge in [0, 0.05) is 50.3 Å². The summed E-state index contributed by atoms with van der Waals surface area (Å²) < 4.78 is 58.6. The SMILES string of the molecule is Cc1cc(Oc2ccccc2F)ncc1-n1ncc(C(=O)C2=Cc3cc(OC(F)F)c(N4CCC(N5CCOCC5)CC4)cc3C2)c1N. The van der Waals surface area contributed by atoms with Gasteiger partial charge >= 0.3 is 6.61 Å². The molecule has 2 aromatic heterocycles. The molecule has 2 N–H and O–H groups in total. The standard InChI is InChI=1S/C35H35F3N6O4/c1-21-14-32(47-30-5-3-2-4-27(30)36)40-20-29(21)44-34(39)26(19-41-44)33(45)24-15-22-17-28(31(48-35(37)38)18-23(22)16-24)43-8-6-25(7-9-43)42-10-12-46-13-11-42/h2-5,14,16-20,25,35H,6-13,15,39H2,1H3. The number of anilines is 2. The summed E-state index contributed by atoms with van der Waals surface area (Å²) >= 11 is 0. The average Bonchev–Trinajstić information content (AvgIpc) is 3.68. The third kappa shape index (κ3) is 6.35. The molecule has 2 saturated heterocycles. The average molecular weight is 661 g/mol. The highest BCUT2D eigenvalue weighted by Crippen LogP contribution is 2.40. The van der Waals surface area contributed by atoms with E-state index in [1.54, 1.807) is 37.3 Å².